The third-order valence-electron chi connectivity index (χ3n) is 1.97. The molecule has 0 fully saturated rings. The van der Waals surface area contributed by atoms with Crippen LogP contribution in [0.25, 0.3) is 0 Å². The van der Waals surface area contributed by atoms with Crippen molar-refractivity contribution in [2.24, 2.45) is 5.92 Å². The van der Waals surface area contributed by atoms with Gasteiger partial charge >= 0.3 is 0 Å². The van der Waals surface area contributed by atoms with Crippen LogP contribution in [0.3, 0.4) is 0 Å². The number of aryl methyl sites for hydroxylation is 1. The number of halogens is 1. The van der Waals surface area contributed by atoms with Gasteiger partial charge in [-0.25, -0.2) is 0 Å². The monoisotopic (exact) mass is 263 g/mol. The van der Waals surface area contributed by atoms with Crippen LogP contribution in [-0.2, 0) is 0 Å². The number of rotatable bonds is 4. The molecule has 1 rings (SSSR count). The van der Waals surface area contributed by atoms with Crippen molar-refractivity contribution in [2.45, 2.75) is 26.8 Å². The van der Waals surface area contributed by atoms with Crippen molar-refractivity contribution in [2.75, 3.05) is 10.6 Å². The Morgan fingerprint density at radius 1 is 1.46 bits per heavy atom. The van der Waals surface area contributed by atoms with Crippen molar-refractivity contribution in [1.82, 2.24) is 10.2 Å². The quantitative estimate of drug-likeness (QED) is 0.849. The van der Waals surface area contributed by atoms with Crippen molar-refractivity contribution in [3.8, 4) is 0 Å². The summed E-state index contributed by atoms with van der Waals surface area (Å²) >= 11 is 5.06. The first kappa shape index (κ1) is 10.9. The van der Waals surface area contributed by atoms with Gasteiger partial charge in [0.1, 0.15) is 5.01 Å². The third kappa shape index (κ3) is 3.23. The summed E-state index contributed by atoms with van der Waals surface area (Å²) in [7, 11) is 0. The first-order chi connectivity index (χ1) is 6.13. The van der Waals surface area contributed by atoms with Gasteiger partial charge in [-0.1, -0.05) is 34.2 Å². The zero-order chi connectivity index (χ0) is 9.84. The van der Waals surface area contributed by atoms with Crippen molar-refractivity contribution >= 4 is 32.4 Å². The molecule has 74 valence electrons. The van der Waals surface area contributed by atoms with Gasteiger partial charge in [-0.05, 0) is 19.8 Å². The van der Waals surface area contributed by atoms with E-state index in [1.165, 1.54) is 0 Å². The minimum atomic E-state index is 0.423. The van der Waals surface area contributed by atoms with Crippen LogP contribution in [-0.4, -0.2) is 21.6 Å². The van der Waals surface area contributed by atoms with Gasteiger partial charge in [0.05, 0.1) is 0 Å². The van der Waals surface area contributed by atoms with E-state index in [0.717, 1.165) is 15.5 Å². The van der Waals surface area contributed by atoms with E-state index in [1.54, 1.807) is 11.3 Å². The maximum Gasteiger partial charge on any atom is 0.205 e. The van der Waals surface area contributed by atoms with Crippen LogP contribution in [0.2, 0.25) is 0 Å². The molecular formula is C8H14BrN3S. The largest absolute Gasteiger partial charge is 0.357 e. The molecule has 2 unspecified atom stereocenters. The zero-order valence-corrected chi connectivity index (χ0v) is 10.4. The van der Waals surface area contributed by atoms with Crippen LogP contribution in [0.1, 0.15) is 18.9 Å². The van der Waals surface area contributed by atoms with E-state index in [4.69, 9.17) is 0 Å². The second kappa shape index (κ2) is 4.91. The molecule has 3 nitrogen and oxygen atoms in total. The van der Waals surface area contributed by atoms with Gasteiger partial charge in [0.25, 0.3) is 0 Å². The summed E-state index contributed by atoms with van der Waals surface area (Å²) in [4.78, 5) is 0. The minimum absolute atomic E-state index is 0.423. The topological polar surface area (TPSA) is 37.8 Å². The summed E-state index contributed by atoms with van der Waals surface area (Å²) in [6.45, 7) is 6.31. The molecule has 0 saturated carbocycles. The number of anilines is 1. The molecule has 0 radical (unpaired) electrons. The Morgan fingerprint density at radius 2 is 2.15 bits per heavy atom. The lowest BCUT2D eigenvalue weighted by Crippen LogP contribution is -2.24. The second-order valence-electron chi connectivity index (χ2n) is 3.19. The highest BCUT2D eigenvalue weighted by Crippen LogP contribution is 2.17. The fraction of sp³-hybridized carbons (Fsp3) is 0.750. The summed E-state index contributed by atoms with van der Waals surface area (Å²) in [5, 5.41) is 14.2. The molecule has 0 aromatic carbocycles. The Hall–Kier alpha value is -0.160. The third-order valence-corrected chi connectivity index (χ3v) is 3.77. The summed E-state index contributed by atoms with van der Waals surface area (Å²) in [5.74, 6) is 0.587. The predicted octanol–water partition coefficient (Wildman–Crippen LogP) is 2.68. The van der Waals surface area contributed by atoms with Crippen molar-refractivity contribution < 1.29 is 0 Å². The van der Waals surface area contributed by atoms with Crippen molar-refractivity contribution in [1.29, 1.82) is 0 Å². The first-order valence-electron chi connectivity index (χ1n) is 4.26. The van der Waals surface area contributed by atoms with Gasteiger partial charge in [-0.3, -0.25) is 0 Å². The summed E-state index contributed by atoms with van der Waals surface area (Å²) in [6, 6.07) is 0.423. The van der Waals surface area contributed by atoms with Crippen LogP contribution >= 0.6 is 27.3 Å². The number of nitrogens with zero attached hydrogens (tertiary/aromatic N) is 2. The maximum absolute atomic E-state index is 4.01. The smallest absolute Gasteiger partial charge is 0.205 e. The van der Waals surface area contributed by atoms with Crippen molar-refractivity contribution in [3.05, 3.63) is 5.01 Å². The average molecular weight is 264 g/mol. The van der Waals surface area contributed by atoms with Crippen LogP contribution in [0.4, 0.5) is 5.13 Å². The second-order valence-corrected chi connectivity index (χ2v) is 5.02. The molecule has 5 heteroatoms. The van der Waals surface area contributed by atoms with Crippen molar-refractivity contribution in [3.63, 3.8) is 0 Å². The van der Waals surface area contributed by atoms with Gasteiger partial charge in [0, 0.05) is 11.4 Å². The molecule has 1 aromatic heterocycles. The zero-order valence-electron chi connectivity index (χ0n) is 8.04. The molecule has 0 bridgehead atoms. The molecule has 13 heavy (non-hydrogen) atoms. The summed E-state index contributed by atoms with van der Waals surface area (Å²) in [6.07, 6.45) is 0. The fourth-order valence-corrected chi connectivity index (χ4v) is 2.07. The van der Waals surface area contributed by atoms with E-state index < -0.39 is 0 Å². The highest BCUT2D eigenvalue weighted by atomic mass is 79.9. The average Bonchev–Trinajstić information content (AvgIpc) is 2.49. The Labute approximate surface area is 91.1 Å². The SMILES string of the molecule is Cc1nnc(NC(C)C(C)CBr)s1. The molecule has 0 aliphatic heterocycles. The van der Waals surface area contributed by atoms with E-state index in [0.29, 0.717) is 12.0 Å². The number of nitrogens with one attached hydrogen (secondary N) is 1. The summed E-state index contributed by atoms with van der Waals surface area (Å²) < 4.78 is 0. The highest BCUT2D eigenvalue weighted by molar-refractivity contribution is 9.09. The molecule has 0 saturated heterocycles. The molecule has 2 atom stereocenters. The van der Waals surface area contributed by atoms with Crippen LogP contribution in [0, 0.1) is 12.8 Å². The van der Waals surface area contributed by atoms with Gasteiger partial charge in [0.2, 0.25) is 5.13 Å². The van der Waals surface area contributed by atoms with Gasteiger partial charge in [-0.2, -0.15) is 0 Å². The lowest BCUT2D eigenvalue weighted by molar-refractivity contribution is 0.571. The fourth-order valence-electron chi connectivity index (χ4n) is 0.826. The molecule has 1 N–H and O–H groups in total. The van der Waals surface area contributed by atoms with E-state index in [9.17, 15) is 0 Å². The van der Waals surface area contributed by atoms with Gasteiger partial charge < -0.3 is 5.32 Å². The predicted molar refractivity (Wildman–Crippen MR) is 60.7 cm³/mol. The van der Waals surface area contributed by atoms with E-state index >= 15 is 0 Å². The van der Waals surface area contributed by atoms with Crippen LogP contribution in [0.15, 0.2) is 0 Å². The molecule has 0 aliphatic rings. The standard InChI is InChI=1S/C8H14BrN3S/c1-5(4-9)6(2)10-8-12-11-7(3)13-8/h5-6H,4H2,1-3H3,(H,10,12). The number of hydrogen-bond acceptors (Lipinski definition) is 4. The lowest BCUT2D eigenvalue weighted by atomic mass is 10.1. The van der Waals surface area contributed by atoms with E-state index in [-0.39, 0.29) is 0 Å². The molecule has 0 amide bonds. The normalized spacial score (nSPS) is 15.4. The van der Waals surface area contributed by atoms with E-state index in [1.807, 2.05) is 6.92 Å². The molecule has 1 heterocycles. The Balaban J connectivity index is 2.49. The first-order valence-corrected chi connectivity index (χ1v) is 6.20. The van der Waals surface area contributed by atoms with Gasteiger partial charge in [-0.15, -0.1) is 10.2 Å². The van der Waals surface area contributed by atoms with E-state index in [2.05, 4.69) is 45.3 Å². The molecular weight excluding hydrogens is 250 g/mol. The Bertz CT molecular complexity index is 264. The van der Waals surface area contributed by atoms with Crippen LogP contribution < -0.4 is 5.32 Å². The summed E-state index contributed by atoms with van der Waals surface area (Å²) in [5.41, 5.74) is 0. The van der Waals surface area contributed by atoms with Crippen LogP contribution in [0.5, 0.6) is 0 Å². The molecule has 1 aromatic rings. The number of alkyl halides is 1. The van der Waals surface area contributed by atoms with Gasteiger partial charge in [0.15, 0.2) is 0 Å². The highest BCUT2D eigenvalue weighted by Gasteiger charge is 2.11. The Morgan fingerprint density at radius 3 is 2.62 bits per heavy atom. The molecule has 0 spiro atoms. The number of aromatic nitrogens is 2. The minimum Gasteiger partial charge on any atom is -0.357 e. The lowest BCUT2D eigenvalue weighted by Gasteiger charge is -2.17. The number of hydrogen-bond donors (Lipinski definition) is 1. The Kier molecular flexibility index (Phi) is 4.12. The maximum atomic E-state index is 4.01. The molecule has 0 aliphatic carbocycles.